The van der Waals surface area contributed by atoms with Gasteiger partial charge in [0.05, 0.1) is 5.52 Å². The Bertz CT molecular complexity index is 519. The quantitative estimate of drug-likeness (QED) is 0.758. The van der Waals surface area contributed by atoms with Gasteiger partial charge in [0.2, 0.25) is 0 Å². The van der Waals surface area contributed by atoms with Gasteiger partial charge >= 0.3 is 0 Å². The van der Waals surface area contributed by atoms with Crippen LogP contribution in [0.5, 0.6) is 0 Å². The van der Waals surface area contributed by atoms with E-state index in [-0.39, 0.29) is 0 Å². The van der Waals surface area contributed by atoms with Crippen LogP contribution in [-0.4, -0.2) is 16.1 Å². The average Bonchev–Trinajstić information content (AvgIpc) is 2.47. The van der Waals surface area contributed by atoms with Crippen molar-refractivity contribution >= 4 is 49.0 Å². The number of carbonyl (C=O) groups is 1. The van der Waals surface area contributed by atoms with E-state index in [4.69, 9.17) is 0 Å². The van der Waals surface area contributed by atoms with Crippen molar-refractivity contribution in [1.82, 2.24) is 9.78 Å². The number of hydrogen-bond donors (Lipinski definition) is 0. The molecule has 0 aliphatic carbocycles. The first-order valence-electron chi connectivity index (χ1n) is 3.90. The molecule has 0 bridgehead atoms. The minimum atomic E-state index is 0.616. The van der Waals surface area contributed by atoms with Crippen molar-refractivity contribution in [1.29, 1.82) is 0 Å². The van der Waals surface area contributed by atoms with Gasteiger partial charge in [0.1, 0.15) is 0 Å². The zero-order valence-corrected chi connectivity index (χ0v) is 10.5. The van der Waals surface area contributed by atoms with Gasteiger partial charge in [0.15, 0.2) is 6.29 Å². The Hall–Kier alpha value is -0.680. The van der Waals surface area contributed by atoms with Crippen LogP contribution in [0.2, 0.25) is 0 Å². The first-order chi connectivity index (χ1) is 6.63. The zero-order chi connectivity index (χ0) is 10.3. The molecular weight excluding hydrogens is 312 g/mol. The highest BCUT2D eigenvalue weighted by molar-refractivity contribution is 9.11. The van der Waals surface area contributed by atoms with Crippen LogP contribution in [-0.2, 0) is 7.05 Å². The summed E-state index contributed by atoms with van der Waals surface area (Å²) in [6, 6.07) is 1.84. The number of aryl methyl sites for hydroxylation is 1. The Labute approximate surface area is 97.3 Å². The maximum absolute atomic E-state index is 10.8. The molecule has 1 heterocycles. The third kappa shape index (κ3) is 1.40. The normalized spacial score (nSPS) is 10.8. The van der Waals surface area contributed by atoms with Crippen LogP contribution in [0.3, 0.4) is 0 Å². The Morgan fingerprint density at radius 3 is 2.86 bits per heavy atom. The van der Waals surface area contributed by atoms with E-state index in [2.05, 4.69) is 37.0 Å². The molecule has 1 aromatic carbocycles. The summed E-state index contributed by atoms with van der Waals surface area (Å²) >= 11 is 6.72. The fourth-order valence-electron chi connectivity index (χ4n) is 1.34. The Morgan fingerprint density at radius 1 is 1.50 bits per heavy atom. The molecular formula is C9H6Br2N2O. The van der Waals surface area contributed by atoms with Crippen LogP contribution in [0.1, 0.15) is 10.4 Å². The molecule has 14 heavy (non-hydrogen) atoms. The van der Waals surface area contributed by atoms with E-state index in [0.29, 0.717) is 5.56 Å². The molecule has 3 nitrogen and oxygen atoms in total. The van der Waals surface area contributed by atoms with Gasteiger partial charge in [-0.15, -0.1) is 0 Å². The number of carbonyl (C=O) groups excluding carboxylic acids is 1. The van der Waals surface area contributed by atoms with Crippen molar-refractivity contribution in [2.75, 3.05) is 0 Å². The molecule has 72 valence electrons. The van der Waals surface area contributed by atoms with Crippen LogP contribution in [0, 0.1) is 0 Å². The van der Waals surface area contributed by atoms with E-state index in [1.54, 1.807) is 4.68 Å². The number of rotatable bonds is 1. The van der Waals surface area contributed by atoms with Crippen molar-refractivity contribution in [3.63, 3.8) is 0 Å². The van der Waals surface area contributed by atoms with Crippen molar-refractivity contribution in [2.24, 2.45) is 7.05 Å². The van der Waals surface area contributed by atoms with Crippen molar-refractivity contribution in [3.8, 4) is 0 Å². The summed E-state index contributed by atoms with van der Waals surface area (Å²) in [5.41, 5.74) is 1.47. The summed E-state index contributed by atoms with van der Waals surface area (Å²) in [6.45, 7) is 0. The molecule has 0 amide bonds. The average molecular weight is 318 g/mol. The zero-order valence-electron chi connectivity index (χ0n) is 7.29. The van der Waals surface area contributed by atoms with Gasteiger partial charge in [0.25, 0.3) is 0 Å². The van der Waals surface area contributed by atoms with Crippen LogP contribution < -0.4 is 0 Å². The van der Waals surface area contributed by atoms with Crippen molar-refractivity contribution in [2.45, 2.75) is 0 Å². The summed E-state index contributed by atoms with van der Waals surface area (Å²) in [7, 11) is 1.85. The Kier molecular flexibility index (Phi) is 2.45. The molecule has 0 radical (unpaired) electrons. The molecule has 0 aliphatic heterocycles. The predicted octanol–water partition coefficient (Wildman–Crippen LogP) is 2.91. The summed E-state index contributed by atoms with van der Waals surface area (Å²) in [5.74, 6) is 0. The Balaban J connectivity index is 2.91. The van der Waals surface area contributed by atoms with E-state index in [1.807, 2.05) is 19.3 Å². The number of nitrogens with zero attached hydrogens (tertiary/aromatic N) is 2. The Morgan fingerprint density at radius 2 is 2.21 bits per heavy atom. The maximum atomic E-state index is 10.8. The molecule has 0 saturated carbocycles. The number of halogens is 2. The molecule has 0 saturated heterocycles. The summed E-state index contributed by atoms with van der Waals surface area (Å²) in [5, 5.41) is 5.19. The van der Waals surface area contributed by atoms with Crippen LogP contribution in [0.25, 0.3) is 10.9 Å². The van der Waals surface area contributed by atoms with Crippen LogP contribution >= 0.6 is 31.9 Å². The van der Waals surface area contributed by atoms with Crippen LogP contribution in [0.15, 0.2) is 21.2 Å². The second kappa shape index (κ2) is 3.47. The SMILES string of the molecule is Cn1cc2c(Br)c(C=O)c(Br)cc2n1. The summed E-state index contributed by atoms with van der Waals surface area (Å²) in [6.07, 6.45) is 2.69. The van der Waals surface area contributed by atoms with Gasteiger partial charge in [-0.25, -0.2) is 0 Å². The fraction of sp³-hybridized carbons (Fsp3) is 0.111. The lowest BCUT2D eigenvalue weighted by Gasteiger charge is -2.00. The summed E-state index contributed by atoms with van der Waals surface area (Å²) < 4.78 is 3.26. The highest BCUT2D eigenvalue weighted by Gasteiger charge is 2.11. The van der Waals surface area contributed by atoms with Gasteiger partial charge in [-0.2, -0.15) is 5.10 Å². The monoisotopic (exact) mass is 316 g/mol. The van der Waals surface area contributed by atoms with Crippen LogP contribution in [0.4, 0.5) is 0 Å². The topological polar surface area (TPSA) is 34.9 Å². The third-order valence-electron chi connectivity index (χ3n) is 1.97. The number of benzene rings is 1. The molecule has 5 heteroatoms. The van der Waals surface area contributed by atoms with E-state index in [9.17, 15) is 4.79 Å². The lowest BCUT2D eigenvalue weighted by molar-refractivity contribution is 0.112. The smallest absolute Gasteiger partial charge is 0.152 e. The highest BCUT2D eigenvalue weighted by Crippen LogP contribution is 2.31. The molecule has 0 fully saturated rings. The molecule has 0 N–H and O–H groups in total. The molecule has 0 spiro atoms. The molecule has 0 atom stereocenters. The van der Waals surface area contributed by atoms with Gasteiger partial charge in [0, 0.05) is 33.1 Å². The van der Waals surface area contributed by atoms with Gasteiger partial charge in [-0.1, -0.05) is 0 Å². The van der Waals surface area contributed by atoms with Gasteiger partial charge in [-0.05, 0) is 37.9 Å². The van der Waals surface area contributed by atoms with E-state index < -0.39 is 0 Å². The fourth-order valence-corrected chi connectivity index (χ4v) is 2.72. The number of fused-ring (bicyclic) bond motifs is 1. The lowest BCUT2D eigenvalue weighted by Crippen LogP contribution is -1.86. The number of aromatic nitrogens is 2. The van der Waals surface area contributed by atoms with E-state index in [1.165, 1.54) is 0 Å². The minimum Gasteiger partial charge on any atom is -0.298 e. The van der Waals surface area contributed by atoms with Crippen molar-refractivity contribution in [3.05, 3.63) is 26.8 Å². The maximum Gasteiger partial charge on any atom is 0.152 e. The molecule has 0 unspecified atom stereocenters. The summed E-state index contributed by atoms with van der Waals surface area (Å²) in [4.78, 5) is 10.8. The molecule has 0 aliphatic rings. The minimum absolute atomic E-state index is 0.616. The first-order valence-corrected chi connectivity index (χ1v) is 5.48. The second-order valence-electron chi connectivity index (χ2n) is 2.94. The first kappa shape index (κ1) is 9.86. The second-order valence-corrected chi connectivity index (χ2v) is 4.59. The standard InChI is InChI=1S/C9H6Br2N2O/c1-13-3-5-8(12-13)2-7(10)6(4-14)9(5)11/h2-4H,1H3. The molecule has 2 aromatic rings. The predicted molar refractivity (Wildman–Crippen MR) is 61.5 cm³/mol. The van der Waals surface area contributed by atoms with Gasteiger partial charge < -0.3 is 0 Å². The van der Waals surface area contributed by atoms with Gasteiger partial charge in [-0.3, -0.25) is 9.48 Å². The van der Waals surface area contributed by atoms with E-state index >= 15 is 0 Å². The highest BCUT2D eigenvalue weighted by atomic mass is 79.9. The van der Waals surface area contributed by atoms with Crippen molar-refractivity contribution < 1.29 is 4.79 Å². The third-order valence-corrected chi connectivity index (χ3v) is 3.48. The largest absolute Gasteiger partial charge is 0.298 e. The number of hydrogen-bond acceptors (Lipinski definition) is 2. The number of aldehydes is 1. The molecule has 1 aromatic heterocycles. The molecule has 2 rings (SSSR count). The lowest BCUT2D eigenvalue weighted by atomic mass is 10.2. The van der Waals surface area contributed by atoms with E-state index in [0.717, 1.165) is 26.1 Å².